The molecule has 0 saturated heterocycles. The zero-order valence-corrected chi connectivity index (χ0v) is 17.0. The molecular weight excluding hydrogens is 382 g/mol. The Bertz CT molecular complexity index is 1070. The standard InChI is InChI=1S/C23H25N3O4/c1-15-8-9-19-17(12-15)14-20(26(19)2)23(30)25-18(13-16-6-4-3-5-7-16)22(29)24-11-10-21(27)28/h3-9,12,14,18H,10-11,13H2,1-2H3,(H,24,29)(H,25,30)(H,27,28). The molecule has 1 atom stereocenters. The molecule has 2 amide bonds. The van der Waals surface area contributed by atoms with Crippen LogP contribution in [-0.2, 0) is 23.1 Å². The second-order valence-corrected chi connectivity index (χ2v) is 7.30. The SMILES string of the molecule is Cc1ccc2c(c1)cc(C(=O)NC(Cc1ccccc1)C(=O)NCCC(=O)O)n2C. The van der Waals surface area contributed by atoms with Gasteiger partial charge in [-0.05, 0) is 30.7 Å². The number of aromatic nitrogens is 1. The van der Waals surface area contributed by atoms with E-state index in [-0.39, 0.29) is 18.9 Å². The first-order valence-corrected chi connectivity index (χ1v) is 9.75. The summed E-state index contributed by atoms with van der Waals surface area (Å²) in [6.45, 7) is 1.99. The fourth-order valence-corrected chi connectivity index (χ4v) is 3.39. The Balaban J connectivity index is 1.80. The second kappa shape index (κ2) is 9.26. The van der Waals surface area contributed by atoms with E-state index in [0.29, 0.717) is 12.1 Å². The van der Waals surface area contributed by atoms with Crippen LogP contribution in [0.15, 0.2) is 54.6 Å². The summed E-state index contributed by atoms with van der Waals surface area (Å²) in [5.41, 5.74) is 3.37. The molecule has 0 radical (unpaired) electrons. The van der Waals surface area contributed by atoms with Gasteiger partial charge >= 0.3 is 5.97 Å². The quantitative estimate of drug-likeness (QED) is 0.534. The summed E-state index contributed by atoms with van der Waals surface area (Å²) in [5.74, 6) is -1.77. The lowest BCUT2D eigenvalue weighted by atomic mass is 10.0. The van der Waals surface area contributed by atoms with Gasteiger partial charge in [-0.1, -0.05) is 42.0 Å². The number of carbonyl (C=O) groups is 3. The molecule has 3 N–H and O–H groups in total. The number of aryl methyl sites for hydroxylation is 2. The van der Waals surface area contributed by atoms with E-state index in [1.165, 1.54) is 0 Å². The lowest BCUT2D eigenvalue weighted by Crippen LogP contribution is -2.48. The number of nitrogens with one attached hydrogen (secondary N) is 2. The number of aliphatic carboxylic acids is 1. The molecule has 0 aliphatic carbocycles. The fraction of sp³-hybridized carbons (Fsp3) is 0.261. The van der Waals surface area contributed by atoms with Gasteiger partial charge in [0.1, 0.15) is 11.7 Å². The van der Waals surface area contributed by atoms with Gasteiger partial charge in [0, 0.05) is 30.9 Å². The maximum atomic E-state index is 13.0. The molecule has 1 heterocycles. The molecule has 0 spiro atoms. The van der Waals surface area contributed by atoms with Crippen LogP contribution in [0.25, 0.3) is 10.9 Å². The Morgan fingerprint density at radius 2 is 1.80 bits per heavy atom. The van der Waals surface area contributed by atoms with Crippen LogP contribution in [0, 0.1) is 6.92 Å². The molecule has 2 aromatic carbocycles. The van der Waals surface area contributed by atoms with E-state index in [2.05, 4.69) is 10.6 Å². The van der Waals surface area contributed by atoms with E-state index in [9.17, 15) is 14.4 Å². The predicted octanol–water partition coefficient (Wildman–Crippen LogP) is 2.42. The maximum absolute atomic E-state index is 13.0. The van der Waals surface area contributed by atoms with E-state index in [0.717, 1.165) is 22.0 Å². The number of hydrogen-bond acceptors (Lipinski definition) is 3. The molecule has 0 aliphatic heterocycles. The third-order valence-corrected chi connectivity index (χ3v) is 4.97. The van der Waals surface area contributed by atoms with Crippen molar-refractivity contribution >= 4 is 28.7 Å². The van der Waals surface area contributed by atoms with Crippen molar-refractivity contribution in [3.63, 3.8) is 0 Å². The van der Waals surface area contributed by atoms with Gasteiger partial charge in [0.25, 0.3) is 5.91 Å². The summed E-state index contributed by atoms with van der Waals surface area (Å²) in [4.78, 5) is 36.4. The molecule has 7 heteroatoms. The van der Waals surface area contributed by atoms with Crippen molar-refractivity contribution in [2.45, 2.75) is 25.8 Å². The summed E-state index contributed by atoms with van der Waals surface area (Å²) in [6, 6.07) is 16.3. The lowest BCUT2D eigenvalue weighted by Gasteiger charge is -2.19. The highest BCUT2D eigenvalue weighted by molar-refractivity contribution is 6.01. The van der Waals surface area contributed by atoms with Crippen molar-refractivity contribution in [3.05, 3.63) is 71.4 Å². The van der Waals surface area contributed by atoms with Crippen LogP contribution in [0.3, 0.4) is 0 Å². The molecular formula is C23H25N3O4. The number of carboxylic acid groups (broad SMARTS) is 1. The molecule has 1 unspecified atom stereocenters. The van der Waals surface area contributed by atoms with Gasteiger partial charge in [-0.15, -0.1) is 0 Å². The minimum atomic E-state index is -0.996. The molecule has 3 rings (SSSR count). The Morgan fingerprint density at radius 1 is 1.07 bits per heavy atom. The predicted molar refractivity (Wildman–Crippen MR) is 114 cm³/mol. The van der Waals surface area contributed by atoms with Gasteiger partial charge < -0.3 is 20.3 Å². The Labute approximate surface area is 174 Å². The molecule has 30 heavy (non-hydrogen) atoms. The minimum Gasteiger partial charge on any atom is -0.481 e. The lowest BCUT2D eigenvalue weighted by molar-refractivity contribution is -0.137. The first-order chi connectivity index (χ1) is 14.3. The van der Waals surface area contributed by atoms with E-state index >= 15 is 0 Å². The summed E-state index contributed by atoms with van der Waals surface area (Å²) in [5, 5.41) is 15.2. The average Bonchev–Trinajstić information content (AvgIpc) is 3.03. The molecule has 0 fully saturated rings. The number of carboxylic acids is 1. The van der Waals surface area contributed by atoms with Crippen LogP contribution < -0.4 is 10.6 Å². The van der Waals surface area contributed by atoms with Crippen molar-refractivity contribution in [2.75, 3.05) is 6.54 Å². The fourth-order valence-electron chi connectivity index (χ4n) is 3.39. The normalized spacial score (nSPS) is 11.8. The molecule has 0 aliphatic rings. The molecule has 0 saturated carbocycles. The number of hydrogen-bond donors (Lipinski definition) is 3. The van der Waals surface area contributed by atoms with Gasteiger partial charge in [-0.2, -0.15) is 0 Å². The maximum Gasteiger partial charge on any atom is 0.305 e. The number of fused-ring (bicyclic) bond motifs is 1. The minimum absolute atomic E-state index is 0.00262. The third-order valence-electron chi connectivity index (χ3n) is 4.97. The van der Waals surface area contributed by atoms with E-state index < -0.39 is 17.9 Å². The molecule has 7 nitrogen and oxygen atoms in total. The van der Waals surface area contributed by atoms with E-state index in [1.54, 1.807) is 10.6 Å². The molecule has 1 aromatic heterocycles. The first-order valence-electron chi connectivity index (χ1n) is 9.75. The Hall–Kier alpha value is -3.61. The van der Waals surface area contributed by atoms with Crippen LogP contribution >= 0.6 is 0 Å². The number of amides is 2. The molecule has 0 bridgehead atoms. The van der Waals surface area contributed by atoms with Crippen LogP contribution in [0.1, 0.15) is 28.0 Å². The van der Waals surface area contributed by atoms with Crippen LogP contribution in [0.5, 0.6) is 0 Å². The second-order valence-electron chi connectivity index (χ2n) is 7.30. The zero-order chi connectivity index (χ0) is 21.7. The number of carbonyl (C=O) groups excluding carboxylic acids is 2. The average molecular weight is 407 g/mol. The largest absolute Gasteiger partial charge is 0.481 e. The number of nitrogens with zero attached hydrogens (tertiary/aromatic N) is 1. The van der Waals surface area contributed by atoms with Crippen LogP contribution in [0.2, 0.25) is 0 Å². The first kappa shape index (κ1) is 21.1. The van der Waals surface area contributed by atoms with Gasteiger partial charge in [-0.3, -0.25) is 14.4 Å². The van der Waals surface area contributed by atoms with Crippen LogP contribution in [-0.4, -0.2) is 40.0 Å². The summed E-state index contributed by atoms with van der Waals surface area (Å²) < 4.78 is 1.80. The monoisotopic (exact) mass is 407 g/mol. The van der Waals surface area contributed by atoms with Gasteiger partial charge in [0.05, 0.1) is 6.42 Å². The zero-order valence-electron chi connectivity index (χ0n) is 17.0. The van der Waals surface area contributed by atoms with Gasteiger partial charge in [0.2, 0.25) is 5.91 Å². The highest BCUT2D eigenvalue weighted by Crippen LogP contribution is 2.20. The smallest absolute Gasteiger partial charge is 0.305 e. The van der Waals surface area contributed by atoms with Crippen molar-refractivity contribution in [3.8, 4) is 0 Å². The highest BCUT2D eigenvalue weighted by Gasteiger charge is 2.23. The number of rotatable bonds is 8. The number of benzene rings is 2. The summed E-state index contributed by atoms with van der Waals surface area (Å²) in [6.07, 6.45) is 0.120. The topological polar surface area (TPSA) is 100 Å². The van der Waals surface area contributed by atoms with Crippen molar-refractivity contribution in [1.82, 2.24) is 15.2 Å². The van der Waals surface area contributed by atoms with Gasteiger partial charge in [0.15, 0.2) is 0 Å². The molecule has 3 aromatic rings. The Morgan fingerprint density at radius 3 is 2.50 bits per heavy atom. The highest BCUT2D eigenvalue weighted by atomic mass is 16.4. The summed E-state index contributed by atoms with van der Waals surface area (Å²) >= 11 is 0. The molecule has 156 valence electrons. The van der Waals surface area contributed by atoms with Crippen molar-refractivity contribution in [2.24, 2.45) is 7.05 Å². The van der Waals surface area contributed by atoms with Crippen molar-refractivity contribution in [1.29, 1.82) is 0 Å². The summed E-state index contributed by atoms with van der Waals surface area (Å²) in [7, 11) is 1.81. The van der Waals surface area contributed by atoms with Crippen LogP contribution in [0.4, 0.5) is 0 Å². The van der Waals surface area contributed by atoms with E-state index in [4.69, 9.17) is 5.11 Å². The Kier molecular flexibility index (Phi) is 6.51. The van der Waals surface area contributed by atoms with E-state index in [1.807, 2.05) is 62.5 Å². The van der Waals surface area contributed by atoms with Crippen molar-refractivity contribution < 1.29 is 19.5 Å². The van der Waals surface area contributed by atoms with Gasteiger partial charge in [-0.25, -0.2) is 0 Å². The third kappa shape index (κ3) is 5.05.